The number of carboxylic acid groups (broad SMARTS) is 1. The summed E-state index contributed by atoms with van der Waals surface area (Å²) in [7, 11) is 0. The lowest BCUT2D eigenvalue weighted by molar-refractivity contribution is 0.0381. The molecule has 4 atom stereocenters. The van der Waals surface area contributed by atoms with E-state index in [1.807, 2.05) is 35.0 Å². The van der Waals surface area contributed by atoms with Gasteiger partial charge in [-0.15, -0.1) is 34.0 Å². The van der Waals surface area contributed by atoms with E-state index in [0.29, 0.717) is 38.9 Å². The van der Waals surface area contributed by atoms with Gasteiger partial charge >= 0.3 is 5.97 Å². The van der Waals surface area contributed by atoms with Crippen LogP contribution in [0.1, 0.15) is 126 Å². The molecule has 0 bridgehead atoms. The predicted octanol–water partition coefficient (Wildman–Crippen LogP) is 10.1. The van der Waals surface area contributed by atoms with Gasteiger partial charge in [-0.25, -0.2) is 19.7 Å². The summed E-state index contributed by atoms with van der Waals surface area (Å²) in [6, 6.07) is 8.35. The van der Waals surface area contributed by atoms with Gasteiger partial charge in [-0.2, -0.15) is 0 Å². The number of thiazole rings is 3. The SMILES string of the molecule is CC(=O)c1ccccc1-c1nc(C(=O)N2CCCC3CCCCC32)cs1.O=C(O)c1csc(Br)n1.O=C(c1csc(Br)n1)N1CCCC2CCCCC21. The quantitative estimate of drug-likeness (QED) is 0.196. The van der Waals surface area contributed by atoms with Gasteiger partial charge in [0.05, 0.1) is 0 Å². The molecule has 53 heavy (non-hydrogen) atoms. The molecule has 4 unspecified atom stereocenters. The third-order valence-electron chi connectivity index (χ3n) is 10.7. The monoisotopic (exact) mass is 903 g/mol. The van der Waals surface area contributed by atoms with Gasteiger partial charge in [0.2, 0.25) is 0 Å². The van der Waals surface area contributed by atoms with E-state index in [1.165, 1.54) is 97.2 Å². The average molecular weight is 906 g/mol. The second-order valence-corrected chi connectivity index (χ2v) is 19.0. The fourth-order valence-corrected chi connectivity index (χ4v) is 11.0. The van der Waals surface area contributed by atoms with Crippen molar-refractivity contribution in [3.8, 4) is 10.6 Å². The van der Waals surface area contributed by atoms with Gasteiger partial charge in [-0.1, -0.05) is 49.9 Å². The number of likely N-dealkylation sites (tertiary alicyclic amines) is 2. The summed E-state index contributed by atoms with van der Waals surface area (Å²) in [5.74, 6) is 0.621. The Morgan fingerprint density at radius 3 is 1.62 bits per heavy atom. The number of rotatable bonds is 5. The molecule has 8 rings (SSSR count). The van der Waals surface area contributed by atoms with E-state index in [-0.39, 0.29) is 23.3 Å². The molecule has 4 aromatic rings. The van der Waals surface area contributed by atoms with E-state index in [0.717, 1.165) is 52.8 Å². The van der Waals surface area contributed by atoms with Crippen molar-refractivity contribution in [3.05, 3.63) is 70.9 Å². The first-order valence-corrected chi connectivity index (χ1v) is 22.5. The number of carboxylic acids is 1. The summed E-state index contributed by atoms with van der Waals surface area (Å²) >= 11 is 10.6. The van der Waals surface area contributed by atoms with E-state index in [2.05, 4.69) is 56.6 Å². The number of ketones is 1. The molecule has 10 nitrogen and oxygen atoms in total. The summed E-state index contributed by atoms with van der Waals surface area (Å²) in [5.41, 5.74) is 2.70. The predicted molar refractivity (Wildman–Crippen MR) is 216 cm³/mol. The van der Waals surface area contributed by atoms with Crippen molar-refractivity contribution >= 4 is 89.4 Å². The molecular weight excluding hydrogens is 862 g/mol. The maximum Gasteiger partial charge on any atom is 0.355 e. The van der Waals surface area contributed by atoms with Crippen LogP contribution in [0.4, 0.5) is 0 Å². The normalized spacial score (nSPS) is 22.2. The maximum absolute atomic E-state index is 13.1. The third kappa shape index (κ3) is 9.88. The first-order valence-electron chi connectivity index (χ1n) is 18.2. The Labute approximate surface area is 338 Å². The molecular formula is C38H43Br2N5O5S3. The van der Waals surface area contributed by atoms with Gasteiger partial charge in [-0.3, -0.25) is 14.4 Å². The van der Waals surface area contributed by atoms with Crippen LogP contribution in [-0.2, 0) is 0 Å². The number of piperidine rings is 2. The fraction of sp³-hybridized carbons (Fsp3) is 0.500. The van der Waals surface area contributed by atoms with Crippen molar-refractivity contribution in [1.29, 1.82) is 0 Å². The van der Waals surface area contributed by atoms with Crippen LogP contribution in [0.3, 0.4) is 0 Å². The number of benzene rings is 1. The Bertz CT molecular complexity index is 1910. The van der Waals surface area contributed by atoms with Gasteiger partial charge in [0, 0.05) is 52.4 Å². The summed E-state index contributed by atoms with van der Waals surface area (Å²) in [6.45, 7) is 3.32. The number of hydrogen-bond acceptors (Lipinski definition) is 10. The van der Waals surface area contributed by atoms with E-state index in [4.69, 9.17) is 5.11 Å². The van der Waals surface area contributed by atoms with Crippen LogP contribution in [0, 0.1) is 11.8 Å². The number of amides is 2. The number of carbonyl (C=O) groups is 4. The molecule has 4 fully saturated rings. The van der Waals surface area contributed by atoms with Gasteiger partial charge in [0.1, 0.15) is 16.4 Å². The van der Waals surface area contributed by atoms with Gasteiger partial charge in [0.25, 0.3) is 11.8 Å². The molecule has 2 amide bonds. The minimum absolute atomic E-state index is 0.0183. The van der Waals surface area contributed by atoms with E-state index >= 15 is 0 Å². The minimum atomic E-state index is -0.989. The highest BCUT2D eigenvalue weighted by atomic mass is 79.9. The number of Topliss-reactive ketones (excluding diaryl/α,β-unsaturated/α-hetero) is 1. The van der Waals surface area contributed by atoms with E-state index < -0.39 is 5.97 Å². The maximum atomic E-state index is 13.1. The molecule has 2 aliphatic carbocycles. The number of nitrogens with zero attached hydrogens (tertiary/aromatic N) is 5. The minimum Gasteiger partial charge on any atom is -0.476 e. The Hall–Kier alpha value is -2.85. The molecule has 2 saturated carbocycles. The van der Waals surface area contributed by atoms with Gasteiger partial charge in [-0.05, 0) is 102 Å². The van der Waals surface area contributed by atoms with E-state index in [1.54, 1.807) is 6.92 Å². The zero-order chi connectivity index (χ0) is 37.5. The Balaban J connectivity index is 0.000000153. The highest BCUT2D eigenvalue weighted by molar-refractivity contribution is 9.11. The fourth-order valence-electron chi connectivity index (χ4n) is 8.22. The molecule has 5 heterocycles. The van der Waals surface area contributed by atoms with Crippen molar-refractivity contribution in [2.75, 3.05) is 13.1 Å². The summed E-state index contributed by atoms with van der Waals surface area (Å²) in [5, 5.41) is 14.3. The first-order chi connectivity index (χ1) is 25.6. The number of aromatic nitrogens is 3. The second kappa shape index (κ2) is 18.7. The van der Waals surface area contributed by atoms with Crippen LogP contribution < -0.4 is 0 Å². The van der Waals surface area contributed by atoms with Crippen LogP contribution in [0.5, 0.6) is 0 Å². The summed E-state index contributed by atoms with van der Waals surface area (Å²) < 4.78 is 1.39. The Morgan fingerprint density at radius 2 is 1.13 bits per heavy atom. The zero-order valence-corrected chi connectivity index (χ0v) is 35.2. The Kier molecular flexibility index (Phi) is 14.0. The lowest BCUT2D eigenvalue weighted by Gasteiger charge is -2.43. The van der Waals surface area contributed by atoms with Gasteiger partial charge < -0.3 is 14.9 Å². The molecule has 0 radical (unpaired) electrons. The van der Waals surface area contributed by atoms with Crippen LogP contribution in [0.2, 0.25) is 0 Å². The standard InChI is InChI=1S/C21H24N2O2S.C13H17BrN2OS.C4H2BrNO2S/c1-14(24)16-9-3-4-10-17(16)20-22-18(13-26-20)21(25)23-12-6-8-15-7-2-5-11-19(15)23;14-13-15-10(8-18-13)12(17)16-7-3-5-9-4-1-2-6-11(9)16;5-4-6-2(1-9-4)3(7)8/h3-4,9-10,13,15,19H,2,5-8,11-12H2,1H3;8-9,11H,1-7H2;1H,(H,7,8). The van der Waals surface area contributed by atoms with Crippen molar-refractivity contribution in [2.45, 2.75) is 96.1 Å². The van der Waals surface area contributed by atoms with E-state index in [9.17, 15) is 19.2 Å². The molecule has 1 aromatic carbocycles. The van der Waals surface area contributed by atoms with Gasteiger partial charge in [0.15, 0.2) is 19.3 Å². The summed E-state index contributed by atoms with van der Waals surface area (Å²) in [6.07, 6.45) is 14.8. The van der Waals surface area contributed by atoms with Crippen LogP contribution in [0.15, 0.2) is 48.2 Å². The number of hydrogen-bond donors (Lipinski definition) is 1. The molecule has 282 valence electrons. The number of fused-ring (bicyclic) bond motifs is 2. The van der Waals surface area contributed by atoms with Crippen LogP contribution in [-0.4, -0.2) is 78.6 Å². The van der Waals surface area contributed by atoms with Crippen LogP contribution >= 0.6 is 65.9 Å². The topological polar surface area (TPSA) is 134 Å². The smallest absolute Gasteiger partial charge is 0.355 e. The van der Waals surface area contributed by atoms with Crippen LogP contribution in [0.25, 0.3) is 10.6 Å². The highest BCUT2D eigenvalue weighted by Crippen LogP contribution is 2.38. The lowest BCUT2D eigenvalue weighted by Crippen LogP contribution is -2.49. The molecule has 3 aromatic heterocycles. The number of aromatic carboxylic acids is 1. The highest BCUT2D eigenvalue weighted by Gasteiger charge is 2.38. The Morgan fingerprint density at radius 1 is 0.660 bits per heavy atom. The average Bonchev–Trinajstić information content (AvgIpc) is 3.96. The van der Waals surface area contributed by atoms with Crippen molar-refractivity contribution in [3.63, 3.8) is 0 Å². The molecule has 2 saturated heterocycles. The molecule has 4 aliphatic rings. The molecule has 2 aliphatic heterocycles. The zero-order valence-electron chi connectivity index (χ0n) is 29.5. The van der Waals surface area contributed by atoms with Crippen molar-refractivity contribution < 1.29 is 24.3 Å². The molecule has 1 N–H and O–H groups in total. The summed E-state index contributed by atoms with van der Waals surface area (Å²) in [4.78, 5) is 64.4. The number of halogens is 2. The molecule has 0 spiro atoms. The third-order valence-corrected chi connectivity index (χ3v) is 14.3. The molecule has 15 heteroatoms. The largest absolute Gasteiger partial charge is 0.476 e. The lowest BCUT2D eigenvalue weighted by atomic mass is 9.78. The number of carbonyl (C=O) groups excluding carboxylic acids is 3. The van der Waals surface area contributed by atoms with Crippen molar-refractivity contribution in [2.24, 2.45) is 11.8 Å². The van der Waals surface area contributed by atoms with Crippen molar-refractivity contribution in [1.82, 2.24) is 24.8 Å². The second-order valence-electron chi connectivity index (χ2n) is 13.9. The first kappa shape index (κ1) is 39.8.